The maximum atomic E-state index is 11.8. The SMILES string of the molecule is CCCCCNC(=O)C1(C#N)CCCC1. The van der Waals surface area contributed by atoms with Gasteiger partial charge in [0.1, 0.15) is 5.41 Å². The quantitative estimate of drug-likeness (QED) is 0.705. The lowest BCUT2D eigenvalue weighted by atomic mass is 9.87. The molecular formula is C12H20N2O. The summed E-state index contributed by atoms with van der Waals surface area (Å²) >= 11 is 0. The molecule has 0 heterocycles. The number of carbonyl (C=O) groups excluding carboxylic acids is 1. The van der Waals surface area contributed by atoms with Crippen molar-refractivity contribution in [1.29, 1.82) is 5.26 Å². The van der Waals surface area contributed by atoms with Crippen molar-refractivity contribution in [2.24, 2.45) is 5.41 Å². The van der Waals surface area contributed by atoms with Gasteiger partial charge in [-0.15, -0.1) is 0 Å². The number of rotatable bonds is 5. The predicted octanol–water partition coefficient (Wildman–Crippen LogP) is 2.38. The average Bonchev–Trinajstić information content (AvgIpc) is 2.74. The highest BCUT2D eigenvalue weighted by Gasteiger charge is 2.41. The summed E-state index contributed by atoms with van der Waals surface area (Å²) in [5, 5.41) is 12.0. The Kier molecular flexibility index (Phi) is 4.61. The minimum Gasteiger partial charge on any atom is -0.355 e. The Morgan fingerprint density at radius 2 is 2.07 bits per heavy atom. The first kappa shape index (κ1) is 12.0. The molecule has 1 saturated carbocycles. The largest absolute Gasteiger partial charge is 0.355 e. The average molecular weight is 208 g/mol. The first-order valence-corrected chi connectivity index (χ1v) is 5.95. The molecule has 1 fully saturated rings. The van der Waals surface area contributed by atoms with E-state index in [1.165, 1.54) is 0 Å². The van der Waals surface area contributed by atoms with Gasteiger partial charge in [-0.25, -0.2) is 0 Å². The zero-order valence-electron chi connectivity index (χ0n) is 9.51. The maximum absolute atomic E-state index is 11.8. The van der Waals surface area contributed by atoms with Crippen LogP contribution >= 0.6 is 0 Å². The lowest BCUT2D eigenvalue weighted by Crippen LogP contribution is -2.38. The molecule has 0 unspecified atom stereocenters. The van der Waals surface area contributed by atoms with Crippen molar-refractivity contribution in [2.45, 2.75) is 51.9 Å². The fraction of sp³-hybridized carbons (Fsp3) is 0.833. The second-order valence-electron chi connectivity index (χ2n) is 4.36. The number of unbranched alkanes of at least 4 members (excludes halogenated alkanes) is 2. The number of hydrogen-bond donors (Lipinski definition) is 1. The van der Waals surface area contributed by atoms with E-state index < -0.39 is 5.41 Å². The van der Waals surface area contributed by atoms with Gasteiger partial charge in [0.25, 0.3) is 0 Å². The molecule has 0 atom stereocenters. The second-order valence-corrected chi connectivity index (χ2v) is 4.36. The summed E-state index contributed by atoms with van der Waals surface area (Å²) in [6.07, 6.45) is 6.81. The highest BCUT2D eigenvalue weighted by atomic mass is 16.2. The van der Waals surface area contributed by atoms with Gasteiger partial charge in [0, 0.05) is 6.54 Å². The minimum atomic E-state index is -0.702. The van der Waals surface area contributed by atoms with Crippen LogP contribution in [0, 0.1) is 16.7 Å². The Labute approximate surface area is 91.9 Å². The number of amides is 1. The monoisotopic (exact) mass is 208 g/mol. The molecule has 0 saturated heterocycles. The number of nitriles is 1. The van der Waals surface area contributed by atoms with Crippen molar-refractivity contribution in [1.82, 2.24) is 5.32 Å². The highest BCUT2D eigenvalue weighted by molar-refractivity contribution is 5.85. The fourth-order valence-corrected chi connectivity index (χ4v) is 2.11. The van der Waals surface area contributed by atoms with E-state index in [9.17, 15) is 4.79 Å². The summed E-state index contributed by atoms with van der Waals surface area (Å²) in [6.45, 7) is 2.85. The molecule has 0 aromatic rings. The molecule has 0 aromatic carbocycles. The predicted molar refractivity (Wildman–Crippen MR) is 59.0 cm³/mol. The van der Waals surface area contributed by atoms with Gasteiger partial charge in [-0.3, -0.25) is 4.79 Å². The van der Waals surface area contributed by atoms with Crippen LogP contribution in [0.5, 0.6) is 0 Å². The smallest absolute Gasteiger partial charge is 0.240 e. The lowest BCUT2D eigenvalue weighted by molar-refractivity contribution is -0.127. The molecule has 1 N–H and O–H groups in total. The van der Waals surface area contributed by atoms with Crippen molar-refractivity contribution in [3.8, 4) is 6.07 Å². The van der Waals surface area contributed by atoms with Crippen molar-refractivity contribution in [3.05, 3.63) is 0 Å². The van der Waals surface area contributed by atoms with Crippen LogP contribution in [0.3, 0.4) is 0 Å². The normalized spacial score (nSPS) is 18.4. The van der Waals surface area contributed by atoms with Gasteiger partial charge < -0.3 is 5.32 Å². The van der Waals surface area contributed by atoms with Gasteiger partial charge in [-0.1, -0.05) is 32.6 Å². The van der Waals surface area contributed by atoms with E-state index in [0.717, 1.165) is 51.5 Å². The standard InChI is InChI=1S/C12H20N2O/c1-2-3-6-9-14-11(15)12(10-13)7-4-5-8-12/h2-9H2,1H3,(H,14,15). The molecule has 84 valence electrons. The van der Waals surface area contributed by atoms with Crippen molar-refractivity contribution < 1.29 is 4.79 Å². The molecule has 3 heteroatoms. The van der Waals surface area contributed by atoms with Crippen LogP contribution in [0.1, 0.15) is 51.9 Å². The van der Waals surface area contributed by atoms with Gasteiger partial charge in [0.05, 0.1) is 6.07 Å². The van der Waals surface area contributed by atoms with Crippen molar-refractivity contribution >= 4 is 5.91 Å². The van der Waals surface area contributed by atoms with E-state index in [2.05, 4.69) is 18.3 Å². The molecule has 0 spiro atoms. The Hall–Kier alpha value is -1.04. The van der Waals surface area contributed by atoms with Gasteiger partial charge in [0.2, 0.25) is 5.91 Å². The molecule has 0 bridgehead atoms. The molecular weight excluding hydrogens is 188 g/mol. The summed E-state index contributed by atoms with van der Waals surface area (Å²) in [7, 11) is 0. The van der Waals surface area contributed by atoms with Gasteiger partial charge >= 0.3 is 0 Å². The summed E-state index contributed by atoms with van der Waals surface area (Å²) in [5.74, 6) is -0.0430. The maximum Gasteiger partial charge on any atom is 0.240 e. The molecule has 3 nitrogen and oxygen atoms in total. The molecule has 1 aliphatic carbocycles. The van der Waals surface area contributed by atoms with E-state index in [1.54, 1.807) is 0 Å². The second kappa shape index (κ2) is 5.75. The zero-order chi connectivity index (χ0) is 11.1. The number of nitrogens with one attached hydrogen (secondary N) is 1. The summed E-state index contributed by atoms with van der Waals surface area (Å²) in [4.78, 5) is 11.8. The van der Waals surface area contributed by atoms with E-state index in [0.29, 0.717) is 0 Å². The molecule has 0 aromatic heterocycles. The number of nitrogens with zero attached hydrogens (tertiary/aromatic N) is 1. The zero-order valence-corrected chi connectivity index (χ0v) is 9.51. The molecule has 15 heavy (non-hydrogen) atoms. The van der Waals surface area contributed by atoms with E-state index >= 15 is 0 Å². The fourth-order valence-electron chi connectivity index (χ4n) is 2.11. The Morgan fingerprint density at radius 1 is 1.40 bits per heavy atom. The van der Waals surface area contributed by atoms with Crippen LogP contribution in [0.4, 0.5) is 0 Å². The van der Waals surface area contributed by atoms with Gasteiger partial charge in [-0.05, 0) is 19.3 Å². The first-order chi connectivity index (χ1) is 7.25. The molecule has 1 amide bonds. The van der Waals surface area contributed by atoms with Crippen LogP contribution in [0.2, 0.25) is 0 Å². The summed E-state index contributed by atoms with van der Waals surface area (Å²) in [5.41, 5.74) is -0.702. The van der Waals surface area contributed by atoms with E-state index in [-0.39, 0.29) is 5.91 Å². The lowest BCUT2D eigenvalue weighted by Gasteiger charge is -2.18. The number of hydrogen-bond acceptors (Lipinski definition) is 2. The number of carbonyl (C=O) groups is 1. The van der Waals surface area contributed by atoms with Gasteiger partial charge in [-0.2, -0.15) is 5.26 Å². The van der Waals surface area contributed by atoms with Crippen LogP contribution in [-0.4, -0.2) is 12.5 Å². The Balaban J connectivity index is 2.35. The molecule has 1 aliphatic rings. The summed E-state index contributed by atoms with van der Waals surface area (Å²) in [6, 6.07) is 2.21. The molecule has 0 radical (unpaired) electrons. The first-order valence-electron chi connectivity index (χ1n) is 5.95. The van der Waals surface area contributed by atoms with Crippen LogP contribution < -0.4 is 5.32 Å². The third-order valence-corrected chi connectivity index (χ3v) is 3.17. The van der Waals surface area contributed by atoms with Crippen molar-refractivity contribution in [3.63, 3.8) is 0 Å². The Morgan fingerprint density at radius 3 is 2.60 bits per heavy atom. The topological polar surface area (TPSA) is 52.9 Å². The molecule has 1 rings (SSSR count). The van der Waals surface area contributed by atoms with E-state index in [1.807, 2.05) is 0 Å². The summed E-state index contributed by atoms with van der Waals surface area (Å²) < 4.78 is 0. The van der Waals surface area contributed by atoms with E-state index in [4.69, 9.17) is 5.26 Å². The highest BCUT2D eigenvalue weighted by Crippen LogP contribution is 2.37. The third-order valence-electron chi connectivity index (χ3n) is 3.17. The van der Waals surface area contributed by atoms with Crippen LogP contribution in [0.15, 0.2) is 0 Å². The van der Waals surface area contributed by atoms with Crippen LogP contribution in [-0.2, 0) is 4.79 Å². The van der Waals surface area contributed by atoms with Crippen molar-refractivity contribution in [2.75, 3.05) is 6.54 Å². The third kappa shape index (κ3) is 2.95. The van der Waals surface area contributed by atoms with Gasteiger partial charge in [0.15, 0.2) is 0 Å². The Bertz CT molecular complexity index is 249. The van der Waals surface area contributed by atoms with Crippen LogP contribution in [0.25, 0.3) is 0 Å². The minimum absolute atomic E-state index is 0.0430. The molecule has 0 aliphatic heterocycles.